The van der Waals surface area contributed by atoms with E-state index in [4.69, 9.17) is 19.7 Å². The minimum absolute atomic E-state index is 0.0375. The van der Waals surface area contributed by atoms with Gasteiger partial charge in [0.15, 0.2) is 34.7 Å². The number of carbonyl (C=O) groups is 2. The van der Waals surface area contributed by atoms with Gasteiger partial charge in [-0.2, -0.15) is 0 Å². The molecule has 1 aliphatic heterocycles. The van der Waals surface area contributed by atoms with Gasteiger partial charge in [-0.15, -0.1) is 5.10 Å². The van der Waals surface area contributed by atoms with E-state index in [1.165, 1.54) is 30.1 Å². The van der Waals surface area contributed by atoms with Gasteiger partial charge < -0.3 is 30.2 Å². The Morgan fingerprint density at radius 1 is 1.35 bits per heavy atom. The predicted octanol–water partition coefficient (Wildman–Crippen LogP) is 1.26. The summed E-state index contributed by atoms with van der Waals surface area (Å²) in [6, 6.07) is 7.73. The van der Waals surface area contributed by atoms with Gasteiger partial charge >= 0.3 is 0 Å². The quantitative estimate of drug-likeness (QED) is 0.342. The molecule has 3 aromatic heterocycles. The van der Waals surface area contributed by atoms with E-state index in [9.17, 15) is 19.1 Å². The van der Waals surface area contributed by atoms with Crippen molar-refractivity contribution in [3.63, 3.8) is 0 Å². The van der Waals surface area contributed by atoms with E-state index in [0.717, 1.165) is 18.0 Å². The zero-order chi connectivity index (χ0) is 26.3. The number of carbonyl (C=O) groups excluding carboxylic acids is 2. The number of fused-ring (bicyclic) bond motifs is 1. The van der Waals surface area contributed by atoms with Crippen LogP contribution in [0.15, 0.2) is 47.2 Å². The number of ether oxygens (including phenoxy) is 2. The van der Waals surface area contributed by atoms with E-state index in [-0.39, 0.29) is 30.5 Å². The number of anilines is 3. The lowest BCUT2D eigenvalue weighted by molar-refractivity contribution is -0.165. The molecule has 1 aromatic carbocycles. The molecule has 4 heterocycles. The third kappa shape index (κ3) is 4.32. The lowest BCUT2D eigenvalue weighted by Gasteiger charge is -2.37. The number of aliphatic hydroxyl groups is 1. The molecule has 0 spiro atoms. The summed E-state index contributed by atoms with van der Waals surface area (Å²) in [5, 5.41) is 22.0. The molecule has 0 saturated carbocycles. The van der Waals surface area contributed by atoms with E-state index in [2.05, 4.69) is 20.6 Å². The fourth-order valence-corrected chi connectivity index (χ4v) is 3.92. The van der Waals surface area contributed by atoms with Gasteiger partial charge in [0.2, 0.25) is 5.88 Å². The number of nitrogens with zero attached hydrogens (tertiary/aromatic N) is 5. The van der Waals surface area contributed by atoms with Gasteiger partial charge in [-0.05, 0) is 25.1 Å². The summed E-state index contributed by atoms with van der Waals surface area (Å²) in [4.78, 5) is 31.3. The van der Waals surface area contributed by atoms with Crippen LogP contribution in [0.25, 0.3) is 16.7 Å². The maximum atomic E-state index is 14.9. The van der Waals surface area contributed by atoms with Crippen molar-refractivity contribution in [2.75, 3.05) is 36.2 Å². The van der Waals surface area contributed by atoms with E-state index in [1.807, 2.05) is 0 Å². The summed E-state index contributed by atoms with van der Waals surface area (Å²) in [5.74, 6) is -2.33. The normalized spacial score (nSPS) is 17.6. The van der Waals surface area contributed by atoms with Gasteiger partial charge in [0, 0.05) is 24.0 Å². The third-order valence-electron chi connectivity index (χ3n) is 5.92. The highest BCUT2D eigenvalue weighted by Gasteiger charge is 2.49. The van der Waals surface area contributed by atoms with Crippen LogP contribution >= 0.6 is 0 Å². The molecule has 4 N–H and O–H groups in total. The zero-order valence-electron chi connectivity index (χ0n) is 19.7. The number of nitrogen functional groups attached to an aromatic ring is 1. The second-order valence-electron chi connectivity index (χ2n) is 8.42. The molecule has 1 fully saturated rings. The highest BCUT2D eigenvalue weighted by atomic mass is 19.1. The van der Waals surface area contributed by atoms with E-state index in [0.29, 0.717) is 22.5 Å². The molecule has 2 atom stereocenters. The number of hydrogen-bond acceptors (Lipinski definition) is 10. The molecule has 4 aromatic rings. The SMILES string of the molecule is COc1cc(-n2cc(F)c(N3CCO[C@H](C(C)(O)C(=O)Nc4ccc5c(N)noc5c4)C3=O)n2)ccn1. The Bertz CT molecular complexity index is 1500. The van der Waals surface area contributed by atoms with Gasteiger partial charge in [0.1, 0.15) is 0 Å². The number of aromatic nitrogens is 4. The molecule has 5 rings (SSSR count). The largest absolute Gasteiger partial charge is 0.481 e. The molecule has 14 heteroatoms. The minimum Gasteiger partial charge on any atom is -0.481 e. The summed E-state index contributed by atoms with van der Waals surface area (Å²) in [5.41, 5.74) is 4.42. The maximum Gasteiger partial charge on any atom is 0.261 e. The molecule has 1 saturated heterocycles. The Kier molecular flexibility index (Phi) is 5.97. The van der Waals surface area contributed by atoms with Crippen molar-refractivity contribution in [1.82, 2.24) is 19.9 Å². The van der Waals surface area contributed by atoms with Crippen LogP contribution in [0.4, 0.5) is 21.7 Å². The topological polar surface area (TPSA) is 171 Å². The van der Waals surface area contributed by atoms with Gasteiger partial charge in [-0.25, -0.2) is 14.1 Å². The summed E-state index contributed by atoms with van der Waals surface area (Å²) in [6.45, 7) is 1.03. The lowest BCUT2D eigenvalue weighted by Crippen LogP contribution is -2.61. The van der Waals surface area contributed by atoms with Crippen LogP contribution in [0.5, 0.6) is 5.88 Å². The van der Waals surface area contributed by atoms with Crippen molar-refractivity contribution in [2.24, 2.45) is 0 Å². The number of benzene rings is 1. The van der Waals surface area contributed by atoms with Crippen molar-refractivity contribution in [3.8, 4) is 11.6 Å². The average molecular weight is 511 g/mol. The Morgan fingerprint density at radius 3 is 2.95 bits per heavy atom. The van der Waals surface area contributed by atoms with Crippen LogP contribution in [0.2, 0.25) is 0 Å². The molecule has 192 valence electrons. The number of amides is 2. The second kappa shape index (κ2) is 9.15. The van der Waals surface area contributed by atoms with E-state index < -0.39 is 29.3 Å². The van der Waals surface area contributed by atoms with Crippen molar-refractivity contribution in [3.05, 3.63) is 48.5 Å². The van der Waals surface area contributed by atoms with Gasteiger partial charge in [-0.3, -0.25) is 14.5 Å². The van der Waals surface area contributed by atoms with Gasteiger partial charge in [0.25, 0.3) is 11.8 Å². The molecular weight excluding hydrogens is 489 g/mol. The second-order valence-corrected chi connectivity index (χ2v) is 8.42. The first-order valence-corrected chi connectivity index (χ1v) is 11.1. The van der Waals surface area contributed by atoms with Crippen molar-refractivity contribution in [1.29, 1.82) is 0 Å². The fourth-order valence-electron chi connectivity index (χ4n) is 3.92. The number of morpholine rings is 1. The average Bonchev–Trinajstić information content (AvgIpc) is 3.46. The first-order valence-electron chi connectivity index (χ1n) is 11.1. The molecule has 13 nitrogen and oxygen atoms in total. The number of methoxy groups -OCH3 is 1. The van der Waals surface area contributed by atoms with Gasteiger partial charge in [-0.1, -0.05) is 5.16 Å². The monoisotopic (exact) mass is 511 g/mol. The van der Waals surface area contributed by atoms with E-state index >= 15 is 0 Å². The summed E-state index contributed by atoms with van der Waals surface area (Å²) >= 11 is 0. The summed E-state index contributed by atoms with van der Waals surface area (Å²) in [7, 11) is 1.44. The highest BCUT2D eigenvalue weighted by Crippen LogP contribution is 2.29. The first kappa shape index (κ1) is 24.1. The Balaban J connectivity index is 1.36. The number of halogens is 1. The molecule has 37 heavy (non-hydrogen) atoms. The summed E-state index contributed by atoms with van der Waals surface area (Å²) < 4.78 is 31.8. The number of nitrogens with two attached hydrogens (primary N) is 1. The van der Waals surface area contributed by atoms with Crippen LogP contribution in [-0.4, -0.2) is 68.8 Å². The Hall–Kier alpha value is -4.56. The number of nitrogens with one attached hydrogen (secondary N) is 1. The first-order chi connectivity index (χ1) is 17.7. The standard InChI is InChI=1S/C23H22FN7O6/c1-23(34,22(33)27-12-3-4-14-16(9-12)37-29-19(14)25)18-21(32)30(7-8-36-18)20-15(24)11-31(28-20)13-5-6-26-17(10-13)35-2/h3-6,9-11,18,34H,7-8H2,1-2H3,(H2,25,29)(H,27,33)/t18-,23?/m0/s1. The highest BCUT2D eigenvalue weighted by molar-refractivity contribution is 6.06. The molecular formula is C23H22FN7O6. The van der Waals surface area contributed by atoms with Gasteiger partial charge in [0.05, 0.1) is 37.5 Å². The van der Waals surface area contributed by atoms with E-state index in [1.54, 1.807) is 18.2 Å². The number of hydrogen-bond donors (Lipinski definition) is 3. The molecule has 0 radical (unpaired) electrons. The number of rotatable bonds is 6. The van der Waals surface area contributed by atoms with Crippen LogP contribution < -0.4 is 20.7 Å². The van der Waals surface area contributed by atoms with Crippen LogP contribution in [0.1, 0.15) is 6.92 Å². The lowest BCUT2D eigenvalue weighted by atomic mass is 9.95. The Morgan fingerprint density at radius 2 is 2.16 bits per heavy atom. The van der Waals surface area contributed by atoms with Crippen molar-refractivity contribution < 1.29 is 33.1 Å². The van der Waals surface area contributed by atoms with Crippen LogP contribution in [-0.2, 0) is 14.3 Å². The molecule has 1 unspecified atom stereocenters. The third-order valence-corrected chi connectivity index (χ3v) is 5.92. The van der Waals surface area contributed by atoms with Crippen LogP contribution in [0.3, 0.4) is 0 Å². The number of pyridine rings is 1. The van der Waals surface area contributed by atoms with Crippen molar-refractivity contribution in [2.45, 2.75) is 18.6 Å². The Labute approximate surface area is 208 Å². The predicted molar refractivity (Wildman–Crippen MR) is 128 cm³/mol. The van der Waals surface area contributed by atoms with Crippen LogP contribution in [0, 0.1) is 5.82 Å². The zero-order valence-corrected chi connectivity index (χ0v) is 19.7. The fraction of sp³-hybridized carbons (Fsp3) is 0.261. The smallest absolute Gasteiger partial charge is 0.261 e. The van der Waals surface area contributed by atoms with Crippen molar-refractivity contribution >= 4 is 40.1 Å². The minimum atomic E-state index is -2.32. The molecule has 0 bridgehead atoms. The summed E-state index contributed by atoms with van der Waals surface area (Å²) in [6.07, 6.45) is 0.935. The molecule has 1 aliphatic rings. The molecule has 2 amide bonds. The maximum absolute atomic E-state index is 14.9. The molecule has 0 aliphatic carbocycles.